The Bertz CT molecular complexity index is 1170. The van der Waals surface area contributed by atoms with Crippen molar-refractivity contribution in [2.24, 2.45) is 5.92 Å². The van der Waals surface area contributed by atoms with Crippen molar-refractivity contribution in [1.29, 1.82) is 0 Å². The highest BCUT2D eigenvalue weighted by Crippen LogP contribution is 2.36. The van der Waals surface area contributed by atoms with E-state index in [0.29, 0.717) is 22.9 Å². The van der Waals surface area contributed by atoms with Crippen LogP contribution in [0.1, 0.15) is 68.3 Å². The first-order valence-electron chi connectivity index (χ1n) is 12.3. The number of carbonyl (C=O) groups is 1. The second-order valence-corrected chi connectivity index (χ2v) is 10.7. The lowest BCUT2D eigenvalue weighted by molar-refractivity contribution is -0.117. The molecule has 1 saturated heterocycles. The Morgan fingerprint density at radius 3 is 2.88 bits per heavy atom. The topological polar surface area (TPSA) is 112 Å². The third-order valence-electron chi connectivity index (χ3n) is 7.29. The summed E-state index contributed by atoms with van der Waals surface area (Å²) >= 11 is 1.43. The molecule has 9 nitrogen and oxygen atoms in total. The number of thiazole rings is 1. The number of fused-ring (bicyclic) bond motifs is 1. The van der Waals surface area contributed by atoms with Crippen molar-refractivity contribution < 1.29 is 4.79 Å². The summed E-state index contributed by atoms with van der Waals surface area (Å²) in [6.45, 7) is 3.01. The summed E-state index contributed by atoms with van der Waals surface area (Å²) < 4.78 is 0. The molecule has 3 aliphatic rings. The molecule has 0 aromatic carbocycles. The van der Waals surface area contributed by atoms with Gasteiger partial charge in [-0.15, -0.1) is 11.3 Å². The summed E-state index contributed by atoms with van der Waals surface area (Å²) in [4.78, 5) is 29.1. The maximum Gasteiger partial charge on any atom is 0.248 e. The van der Waals surface area contributed by atoms with E-state index < -0.39 is 0 Å². The molecule has 2 atom stereocenters. The molecule has 0 bridgehead atoms. The minimum atomic E-state index is -0.298. The maximum absolute atomic E-state index is 13.0. The third kappa shape index (κ3) is 4.15. The number of aromatic amines is 1. The third-order valence-corrected chi connectivity index (χ3v) is 7.98. The molecule has 3 aromatic rings. The first-order valence-corrected chi connectivity index (χ1v) is 13.2. The molecule has 2 aliphatic carbocycles. The van der Waals surface area contributed by atoms with Gasteiger partial charge in [-0.3, -0.25) is 9.89 Å². The number of rotatable bonds is 6. The molecule has 0 unspecified atom stereocenters. The number of nitrogens with one attached hydrogen (secondary N) is 3. The van der Waals surface area contributed by atoms with Gasteiger partial charge in [-0.1, -0.05) is 19.8 Å². The first kappa shape index (κ1) is 21.5. The molecule has 6 rings (SSSR count). The fourth-order valence-corrected chi connectivity index (χ4v) is 6.14. The Kier molecular flexibility index (Phi) is 5.68. The van der Waals surface area contributed by atoms with E-state index in [1.165, 1.54) is 48.3 Å². The molecule has 0 radical (unpaired) electrons. The van der Waals surface area contributed by atoms with E-state index in [9.17, 15) is 4.79 Å². The number of anilines is 4. The summed E-state index contributed by atoms with van der Waals surface area (Å²) in [5, 5.41) is 16.7. The molecule has 1 amide bonds. The summed E-state index contributed by atoms with van der Waals surface area (Å²) in [5.74, 6) is 3.30. The van der Waals surface area contributed by atoms with Gasteiger partial charge in [-0.2, -0.15) is 10.1 Å². The van der Waals surface area contributed by atoms with Crippen molar-refractivity contribution in [1.82, 2.24) is 25.1 Å². The van der Waals surface area contributed by atoms with Gasteiger partial charge in [0.25, 0.3) is 0 Å². The van der Waals surface area contributed by atoms with Gasteiger partial charge in [0, 0.05) is 41.4 Å². The second-order valence-electron chi connectivity index (χ2n) is 9.80. The Morgan fingerprint density at radius 1 is 1.18 bits per heavy atom. The van der Waals surface area contributed by atoms with Crippen molar-refractivity contribution in [3.63, 3.8) is 0 Å². The van der Waals surface area contributed by atoms with Crippen LogP contribution in [0.15, 0.2) is 17.6 Å². The van der Waals surface area contributed by atoms with Gasteiger partial charge in [-0.05, 0) is 44.4 Å². The molecule has 178 valence electrons. The predicted molar refractivity (Wildman–Crippen MR) is 133 cm³/mol. The van der Waals surface area contributed by atoms with Crippen LogP contribution in [0.3, 0.4) is 0 Å². The lowest BCUT2D eigenvalue weighted by Gasteiger charge is -2.24. The Balaban J connectivity index is 1.27. The number of amides is 1. The van der Waals surface area contributed by atoms with E-state index in [-0.39, 0.29) is 11.9 Å². The van der Waals surface area contributed by atoms with Crippen LogP contribution >= 0.6 is 11.3 Å². The van der Waals surface area contributed by atoms with Crippen LogP contribution in [0, 0.1) is 5.92 Å². The van der Waals surface area contributed by atoms with Crippen LogP contribution in [-0.4, -0.2) is 43.6 Å². The maximum atomic E-state index is 13.0. The average Bonchev–Trinajstić information content (AvgIpc) is 3.64. The fourth-order valence-electron chi connectivity index (χ4n) is 5.60. The summed E-state index contributed by atoms with van der Waals surface area (Å²) in [6, 6.07) is 1.83. The second kappa shape index (κ2) is 8.98. The van der Waals surface area contributed by atoms with E-state index in [0.717, 1.165) is 49.6 Å². The number of nitrogens with zero attached hydrogens (tertiary/aromatic N) is 5. The van der Waals surface area contributed by atoms with Crippen molar-refractivity contribution >= 4 is 40.0 Å². The van der Waals surface area contributed by atoms with Gasteiger partial charge in [-0.25, -0.2) is 9.97 Å². The summed E-state index contributed by atoms with van der Waals surface area (Å²) in [5.41, 5.74) is 3.46. The lowest BCUT2D eigenvalue weighted by Crippen LogP contribution is -2.40. The number of aromatic nitrogens is 5. The van der Waals surface area contributed by atoms with Gasteiger partial charge in [0.2, 0.25) is 11.9 Å². The highest BCUT2D eigenvalue weighted by molar-refractivity contribution is 7.13. The van der Waals surface area contributed by atoms with Crippen LogP contribution in [0.5, 0.6) is 0 Å². The van der Waals surface area contributed by atoms with Crippen LogP contribution < -0.4 is 15.5 Å². The van der Waals surface area contributed by atoms with Crippen LogP contribution in [-0.2, 0) is 17.6 Å². The highest BCUT2D eigenvalue weighted by atomic mass is 32.1. The smallest absolute Gasteiger partial charge is 0.248 e. The molecule has 3 N–H and O–H groups in total. The molecule has 2 fully saturated rings. The molecular formula is C24H30N8OS. The van der Waals surface area contributed by atoms with E-state index in [1.54, 1.807) is 6.20 Å². The standard InChI is InChI=1S/C24H30N8OS/c1-14-11-16-18(12-14)26-23(32-9-4-7-19(32)22(33)29-24-25-8-10-34-24)28-21(16)27-20-13-17(30-31-20)15-5-2-3-6-15/h8,10,13-15,19H,2-7,9,11-12H2,1H3,(H,25,29,33)(H2,26,27,28,30,31)/t14-,19-/m1/s1. The van der Waals surface area contributed by atoms with Gasteiger partial charge in [0.1, 0.15) is 11.9 Å². The molecule has 1 saturated carbocycles. The monoisotopic (exact) mass is 478 g/mol. The molecule has 4 heterocycles. The zero-order valence-electron chi connectivity index (χ0n) is 19.4. The van der Waals surface area contributed by atoms with Gasteiger partial charge < -0.3 is 15.5 Å². The van der Waals surface area contributed by atoms with E-state index in [2.05, 4.69) is 38.8 Å². The molecule has 1 aliphatic heterocycles. The molecule has 0 spiro atoms. The normalized spacial score (nSPS) is 22.3. The van der Waals surface area contributed by atoms with Crippen molar-refractivity contribution in [3.8, 4) is 0 Å². The van der Waals surface area contributed by atoms with Crippen molar-refractivity contribution in [2.75, 3.05) is 22.1 Å². The first-order chi connectivity index (χ1) is 16.6. The summed E-state index contributed by atoms with van der Waals surface area (Å²) in [6.07, 6.45) is 10.3. The highest BCUT2D eigenvalue weighted by Gasteiger charge is 2.35. The van der Waals surface area contributed by atoms with E-state index >= 15 is 0 Å². The SMILES string of the molecule is C[C@H]1Cc2nc(N3CCC[C@@H]3C(=O)Nc3nccs3)nc(Nc3cc(C4CCCC4)[nH]n3)c2C1. The molecule has 3 aromatic heterocycles. The molecular weight excluding hydrogens is 448 g/mol. The lowest BCUT2D eigenvalue weighted by atomic mass is 10.0. The largest absolute Gasteiger partial charge is 0.329 e. The van der Waals surface area contributed by atoms with Crippen LogP contribution in [0.25, 0.3) is 0 Å². The predicted octanol–water partition coefficient (Wildman–Crippen LogP) is 4.40. The zero-order chi connectivity index (χ0) is 23.1. The number of carbonyl (C=O) groups excluding carboxylic acids is 1. The number of H-pyrrole nitrogens is 1. The number of hydrogen-bond acceptors (Lipinski definition) is 8. The van der Waals surface area contributed by atoms with Gasteiger partial charge in [0.15, 0.2) is 10.9 Å². The summed E-state index contributed by atoms with van der Waals surface area (Å²) in [7, 11) is 0. The minimum absolute atomic E-state index is 0.0482. The quantitative estimate of drug-likeness (QED) is 0.481. The average molecular weight is 479 g/mol. The van der Waals surface area contributed by atoms with Gasteiger partial charge >= 0.3 is 0 Å². The molecule has 10 heteroatoms. The Hall–Kier alpha value is -3.01. The molecule has 34 heavy (non-hydrogen) atoms. The van der Waals surface area contributed by atoms with E-state index in [1.807, 2.05) is 10.3 Å². The fraction of sp³-hybridized carbons (Fsp3) is 0.542. The van der Waals surface area contributed by atoms with Crippen LogP contribution in [0.4, 0.5) is 22.7 Å². The zero-order valence-corrected chi connectivity index (χ0v) is 20.2. The van der Waals surface area contributed by atoms with Gasteiger partial charge in [0.05, 0.1) is 5.69 Å². The van der Waals surface area contributed by atoms with Crippen molar-refractivity contribution in [3.05, 3.63) is 34.6 Å². The number of hydrogen-bond donors (Lipinski definition) is 3. The van der Waals surface area contributed by atoms with E-state index in [4.69, 9.17) is 9.97 Å². The van der Waals surface area contributed by atoms with Crippen molar-refractivity contribution in [2.45, 2.75) is 70.3 Å². The Labute approximate surface area is 202 Å². The van der Waals surface area contributed by atoms with Crippen LogP contribution in [0.2, 0.25) is 0 Å². The minimum Gasteiger partial charge on any atom is -0.329 e. The Morgan fingerprint density at radius 2 is 2.06 bits per heavy atom.